The van der Waals surface area contributed by atoms with Gasteiger partial charge in [0.2, 0.25) is 5.28 Å². The summed E-state index contributed by atoms with van der Waals surface area (Å²) in [6.07, 6.45) is 3.84. The maximum atomic E-state index is 11.5. The quantitative estimate of drug-likeness (QED) is 0.407. The Bertz CT molecular complexity index is 687. The number of hydrogen-bond acceptors (Lipinski definition) is 4. The number of ether oxygens (including phenoxy) is 1. The van der Waals surface area contributed by atoms with Crippen molar-refractivity contribution in [2.24, 2.45) is 0 Å². The molecule has 1 aromatic heterocycles. The molecule has 0 atom stereocenters. The second-order valence-corrected chi connectivity index (χ2v) is 6.47. The summed E-state index contributed by atoms with van der Waals surface area (Å²) in [5, 5.41) is 0.307. The van der Waals surface area contributed by atoms with Gasteiger partial charge < -0.3 is 4.74 Å². The van der Waals surface area contributed by atoms with Crippen LogP contribution in [-0.4, -0.2) is 23.0 Å². The molecular formula is C17H18BrClN2O2. The average Bonchev–Trinajstić information content (AvgIpc) is 2.51. The number of hydrogen-bond donors (Lipinski definition) is 0. The number of methoxy groups -OCH3 is 1. The zero-order chi connectivity index (χ0) is 16.8. The van der Waals surface area contributed by atoms with E-state index in [2.05, 4.69) is 25.9 Å². The summed E-state index contributed by atoms with van der Waals surface area (Å²) in [6, 6.07) is 7.52. The molecule has 2 rings (SSSR count). The molecule has 23 heavy (non-hydrogen) atoms. The first-order chi connectivity index (χ1) is 11.0. The van der Waals surface area contributed by atoms with E-state index in [1.54, 1.807) is 12.1 Å². The van der Waals surface area contributed by atoms with Crippen LogP contribution in [-0.2, 0) is 17.6 Å². The molecule has 0 spiro atoms. The molecule has 1 aromatic carbocycles. The van der Waals surface area contributed by atoms with Crippen molar-refractivity contribution in [1.82, 2.24) is 9.97 Å². The Morgan fingerprint density at radius 3 is 2.61 bits per heavy atom. The summed E-state index contributed by atoms with van der Waals surface area (Å²) in [4.78, 5) is 19.8. The fourth-order valence-electron chi connectivity index (χ4n) is 2.34. The Kier molecular flexibility index (Phi) is 6.54. The van der Waals surface area contributed by atoms with E-state index in [-0.39, 0.29) is 5.97 Å². The number of aromatic nitrogens is 2. The standard InChI is InChI=1S/C17H18BrClN2O2/c1-11-9-14(21-17(19)20-11)6-4-3-5-12-7-8-13(10-15(12)18)16(22)23-2/h7-10H,3-6H2,1-2H3. The lowest BCUT2D eigenvalue weighted by Gasteiger charge is -2.07. The van der Waals surface area contributed by atoms with Crippen molar-refractivity contribution < 1.29 is 9.53 Å². The van der Waals surface area contributed by atoms with Crippen molar-refractivity contribution >= 4 is 33.5 Å². The zero-order valence-corrected chi connectivity index (χ0v) is 15.4. The van der Waals surface area contributed by atoms with Crippen LogP contribution in [0.25, 0.3) is 0 Å². The summed E-state index contributed by atoms with van der Waals surface area (Å²) in [6.45, 7) is 1.91. The molecule has 0 radical (unpaired) electrons. The van der Waals surface area contributed by atoms with Gasteiger partial charge in [0.05, 0.1) is 12.7 Å². The highest BCUT2D eigenvalue weighted by atomic mass is 79.9. The molecule has 2 aromatic rings. The molecule has 4 nitrogen and oxygen atoms in total. The topological polar surface area (TPSA) is 52.1 Å². The summed E-state index contributed by atoms with van der Waals surface area (Å²) in [5.74, 6) is -0.326. The van der Waals surface area contributed by atoms with Gasteiger partial charge in [-0.25, -0.2) is 14.8 Å². The van der Waals surface area contributed by atoms with Gasteiger partial charge in [0.1, 0.15) is 0 Å². The van der Waals surface area contributed by atoms with E-state index in [0.717, 1.165) is 41.5 Å². The van der Waals surface area contributed by atoms with Gasteiger partial charge in [-0.1, -0.05) is 22.0 Å². The number of carbonyl (C=O) groups is 1. The lowest BCUT2D eigenvalue weighted by atomic mass is 10.0. The van der Waals surface area contributed by atoms with Crippen LogP contribution in [0, 0.1) is 6.92 Å². The normalized spacial score (nSPS) is 10.6. The van der Waals surface area contributed by atoms with Gasteiger partial charge in [0.15, 0.2) is 0 Å². The van der Waals surface area contributed by atoms with Crippen molar-refractivity contribution in [2.45, 2.75) is 32.6 Å². The van der Waals surface area contributed by atoms with Crippen LogP contribution in [0.5, 0.6) is 0 Å². The molecule has 1 heterocycles. The number of unbranched alkanes of at least 4 members (excludes halogenated alkanes) is 1. The molecule has 6 heteroatoms. The highest BCUT2D eigenvalue weighted by molar-refractivity contribution is 9.10. The highest BCUT2D eigenvalue weighted by Gasteiger charge is 2.08. The van der Waals surface area contributed by atoms with Crippen molar-refractivity contribution in [3.05, 3.63) is 56.5 Å². The second-order valence-electron chi connectivity index (χ2n) is 5.27. The summed E-state index contributed by atoms with van der Waals surface area (Å²) < 4.78 is 5.65. The number of halogens is 2. The number of aryl methyl sites for hydroxylation is 3. The van der Waals surface area contributed by atoms with Gasteiger partial charge in [0, 0.05) is 15.9 Å². The number of rotatable bonds is 6. The van der Waals surface area contributed by atoms with E-state index in [0.29, 0.717) is 10.8 Å². The second kappa shape index (κ2) is 8.41. The zero-order valence-electron chi connectivity index (χ0n) is 13.1. The Morgan fingerprint density at radius 2 is 1.96 bits per heavy atom. The van der Waals surface area contributed by atoms with E-state index in [1.165, 1.54) is 12.7 Å². The van der Waals surface area contributed by atoms with Crippen molar-refractivity contribution in [3.8, 4) is 0 Å². The van der Waals surface area contributed by atoms with E-state index in [4.69, 9.17) is 16.3 Å². The van der Waals surface area contributed by atoms with E-state index in [9.17, 15) is 4.79 Å². The molecule has 0 aliphatic carbocycles. The molecule has 0 unspecified atom stereocenters. The number of benzene rings is 1. The molecule has 0 bridgehead atoms. The molecule has 0 fully saturated rings. The van der Waals surface area contributed by atoms with Crippen LogP contribution in [0.2, 0.25) is 5.28 Å². The number of esters is 1. The van der Waals surface area contributed by atoms with Crippen LogP contribution in [0.1, 0.15) is 40.2 Å². The third kappa shape index (κ3) is 5.29. The Balaban J connectivity index is 1.87. The highest BCUT2D eigenvalue weighted by Crippen LogP contribution is 2.21. The molecule has 0 aliphatic rings. The third-order valence-corrected chi connectivity index (χ3v) is 4.39. The monoisotopic (exact) mass is 396 g/mol. The fourth-order valence-corrected chi connectivity index (χ4v) is 3.16. The summed E-state index contributed by atoms with van der Waals surface area (Å²) in [7, 11) is 1.38. The van der Waals surface area contributed by atoms with Gasteiger partial charge >= 0.3 is 5.97 Å². The van der Waals surface area contributed by atoms with Crippen LogP contribution >= 0.6 is 27.5 Å². The largest absolute Gasteiger partial charge is 0.465 e. The van der Waals surface area contributed by atoms with Crippen molar-refractivity contribution in [2.75, 3.05) is 7.11 Å². The molecule has 0 aliphatic heterocycles. The minimum absolute atomic E-state index is 0.307. The van der Waals surface area contributed by atoms with E-state index >= 15 is 0 Å². The third-order valence-electron chi connectivity index (χ3n) is 3.48. The Hall–Kier alpha value is -1.46. The van der Waals surface area contributed by atoms with Gasteiger partial charge in [0.25, 0.3) is 0 Å². The Labute approximate surface area is 149 Å². The molecule has 0 amide bonds. The molecule has 0 saturated heterocycles. The summed E-state index contributed by atoms with van der Waals surface area (Å²) in [5.41, 5.74) is 3.59. The first-order valence-corrected chi connectivity index (χ1v) is 8.53. The van der Waals surface area contributed by atoms with E-state index in [1.807, 2.05) is 19.1 Å². The van der Waals surface area contributed by atoms with Gasteiger partial charge in [-0.3, -0.25) is 0 Å². The van der Waals surface area contributed by atoms with Crippen LogP contribution in [0.4, 0.5) is 0 Å². The van der Waals surface area contributed by atoms with Crippen LogP contribution < -0.4 is 0 Å². The number of nitrogens with zero attached hydrogens (tertiary/aromatic N) is 2. The van der Waals surface area contributed by atoms with Crippen LogP contribution in [0.15, 0.2) is 28.7 Å². The van der Waals surface area contributed by atoms with Gasteiger partial charge in [-0.05, 0) is 68.0 Å². The maximum absolute atomic E-state index is 11.5. The number of carbonyl (C=O) groups excluding carboxylic acids is 1. The van der Waals surface area contributed by atoms with Gasteiger partial charge in [-0.2, -0.15) is 0 Å². The first kappa shape index (κ1) is 17.9. The van der Waals surface area contributed by atoms with Crippen molar-refractivity contribution in [1.29, 1.82) is 0 Å². The Morgan fingerprint density at radius 1 is 1.22 bits per heavy atom. The minimum atomic E-state index is -0.326. The van der Waals surface area contributed by atoms with Crippen LogP contribution in [0.3, 0.4) is 0 Å². The predicted octanol–water partition coefficient (Wildman–Crippen LogP) is 4.55. The lowest BCUT2D eigenvalue weighted by molar-refractivity contribution is 0.0600. The molecular weight excluding hydrogens is 380 g/mol. The van der Waals surface area contributed by atoms with E-state index < -0.39 is 0 Å². The molecule has 0 saturated carbocycles. The summed E-state index contributed by atoms with van der Waals surface area (Å²) >= 11 is 9.38. The SMILES string of the molecule is COC(=O)c1ccc(CCCCc2cc(C)nc(Cl)n2)c(Br)c1. The fraction of sp³-hybridized carbons (Fsp3) is 0.353. The maximum Gasteiger partial charge on any atom is 0.337 e. The smallest absolute Gasteiger partial charge is 0.337 e. The average molecular weight is 398 g/mol. The predicted molar refractivity (Wildman–Crippen MR) is 93.9 cm³/mol. The lowest BCUT2D eigenvalue weighted by Crippen LogP contribution is -2.02. The minimum Gasteiger partial charge on any atom is -0.465 e. The van der Waals surface area contributed by atoms with Gasteiger partial charge in [-0.15, -0.1) is 0 Å². The van der Waals surface area contributed by atoms with Crippen molar-refractivity contribution in [3.63, 3.8) is 0 Å². The first-order valence-electron chi connectivity index (χ1n) is 7.36. The molecule has 0 N–H and O–H groups in total. The molecule has 122 valence electrons.